The fourth-order valence-electron chi connectivity index (χ4n) is 3.00. The van der Waals surface area contributed by atoms with Crippen molar-refractivity contribution in [2.24, 2.45) is 0 Å². The lowest BCUT2D eigenvalue weighted by Gasteiger charge is -2.35. The van der Waals surface area contributed by atoms with Crippen LogP contribution in [0.25, 0.3) is 0 Å². The van der Waals surface area contributed by atoms with Gasteiger partial charge in [0, 0.05) is 28.3 Å². The maximum Gasteiger partial charge on any atom is 0.251 e. The summed E-state index contributed by atoms with van der Waals surface area (Å²) in [5, 5.41) is 3.02. The predicted molar refractivity (Wildman–Crippen MR) is 95.6 cm³/mol. The van der Waals surface area contributed by atoms with E-state index in [9.17, 15) is 4.79 Å². The van der Waals surface area contributed by atoms with Crippen molar-refractivity contribution in [1.29, 1.82) is 0 Å². The van der Waals surface area contributed by atoms with Crippen molar-refractivity contribution in [1.82, 2.24) is 10.2 Å². The van der Waals surface area contributed by atoms with Crippen LogP contribution >= 0.6 is 22.6 Å². The molecule has 116 valence electrons. The van der Waals surface area contributed by atoms with Gasteiger partial charge in [-0.15, -0.1) is 0 Å². The molecule has 1 saturated heterocycles. The lowest BCUT2D eigenvalue weighted by Crippen LogP contribution is -2.40. The number of nitrogens with one attached hydrogen (secondary N) is 1. The zero-order chi connectivity index (χ0) is 15.1. The molecule has 1 heterocycles. The molecule has 21 heavy (non-hydrogen) atoms. The third-order valence-corrected chi connectivity index (χ3v) is 4.95. The summed E-state index contributed by atoms with van der Waals surface area (Å²) in [7, 11) is 0. The Kier molecular flexibility index (Phi) is 6.96. The SMILES string of the molecule is CCC1CCCCN1CCCNC(=O)c1ccc(I)cc1. The van der Waals surface area contributed by atoms with Crippen LogP contribution in [0.15, 0.2) is 24.3 Å². The number of carbonyl (C=O) groups excluding carboxylic acids is 1. The molecule has 1 N–H and O–H groups in total. The summed E-state index contributed by atoms with van der Waals surface area (Å²) < 4.78 is 1.15. The molecule has 1 aromatic rings. The van der Waals surface area contributed by atoms with Crippen LogP contribution in [0.1, 0.15) is 49.4 Å². The molecule has 1 aliphatic rings. The van der Waals surface area contributed by atoms with Crippen molar-refractivity contribution < 1.29 is 4.79 Å². The second kappa shape index (κ2) is 8.73. The van der Waals surface area contributed by atoms with Crippen LogP contribution in [0.3, 0.4) is 0 Å². The van der Waals surface area contributed by atoms with E-state index in [-0.39, 0.29) is 5.91 Å². The molecular formula is C17H25IN2O. The first-order chi connectivity index (χ1) is 10.2. The molecule has 0 aliphatic carbocycles. The second-order valence-corrected chi connectivity index (χ2v) is 6.96. The molecule has 0 bridgehead atoms. The van der Waals surface area contributed by atoms with Gasteiger partial charge in [-0.25, -0.2) is 0 Å². The highest BCUT2D eigenvalue weighted by Gasteiger charge is 2.19. The topological polar surface area (TPSA) is 32.3 Å². The standard InChI is InChI=1S/C17H25IN2O/c1-2-16-6-3-4-12-20(16)13-5-11-19-17(21)14-7-9-15(18)10-8-14/h7-10,16H,2-6,11-13H2,1H3,(H,19,21). The molecule has 0 saturated carbocycles. The summed E-state index contributed by atoms with van der Waals surface area (Å²) in [6.45, 7) is 5.37. The number of halogens is 1. The first-order valence-electron chi connectivity index (χ1n) is 7.98. The zero-order valence-corrected chi connectivity index (χ0v) is 14.9. The van der Waals surface area contributed by atoms with Gasteiger partial charge in [0.15, 0.2) is 0 Å². The van der Waals surface area contributed by atoms with Gasteiger partial charge in [-0.1, -0.05) is 13.3 Å². The maximum atomic E-state index is 12.0. The molecule has 4 heteroatoms. The van der Waals surface area contributed by atoms with Crippen LogP contribution in [0.2, 0.25) is 0 Å². The van der Waals surface area contributed by atoms with Gasteiger partial charge in [-0.2, -0.15) is 0 Å². The fraction of sp³-hybridized carbons (Fsp3) is 0.588. The number of hydrogen-bond acceptors (Lipinski definition) is 2. The Morgan fingerprint density at radius 3 is 2.81 bits per heavy atom. The molecule has 2 rings (SSSR count). The normalized spacial score (nSPS) is 19.4. The molecule has 1 fully saturated rings. The summed E-state index contributed by atoms with van der Waals surface area (Å²) >= 11 is 2.25. The number of hydrogen-bond donors (Lipinski definition) is 1. The lowest BCUT2D eigenvalue weighted by atomic mass is 10.00. The van der Waals surface area contributed by atoms with E-state index in [0.29, 0.717) is 0 Å². The van der Waals surface area contributed by atoms with Gasteiger partial charge >= 0.3 is 0 Å². The van der Waals surface area contributed by atoms with Gasteiger partial charge in [-0.05, 0) is 79.1 Å². The first-order valence-corrected chi connectivity index (χ1v) is 9.06. The first kappa shape index (κ1) is 16.7. The minimum atomic E-state index is 0.0390. The smallest absolute Gasteiger partial charge is 0.251 e. The van der Waals surface area contributed by atoms with Crippen molar-refractivity contribution in [3.8, 4) is 0 Å². The minimum Gasteiger partial charge on any atom is -0.352 e. The van der Waals surface area contributed by atoms with E-state index in [2.05, 4.69) is 39.7 Å². The number of likely N-dealkylation sites (tertiary alicyclic amines) is 1. The Labute approximate surface area is 141 Å². The van der Waals surface area contributed by atoms with Crippen molar-refractivity contribution >= 4 is 28.5 Å². The number of nitrogens with zero attached hydrogens (tertiary/aromatic N) is 1. The Hall–Kier alpha value is -0.620. The lowest BCUT2D eigenvalue weighted by molar-refractivity contribution is 0.0947. The molecule has 1 amide bonds. The molecule has 1 aromatic carbocycles. The Morgan fingerprint density at radius 2 is 2.10 bits per heavy atom. The maximum absolute atomic E-state index is 12.0. The van der Waals surface area contributed by atoms with Gasteiger partial charge in [0.05, 0.1) is 0 Å². The number of benzene rings is 1. The number of carbonyl (C=O) groups is 1. The highest BCUT2D eigenvalue weighted by atomic mass is 127. The van der Waals surface area contributed by atoms with E-state index in [4.69, 9.17) is 0 Å². The van der Waals surface area contributed by atoms with Crippen molar-refractivity contribution in [3.63, 3.8) is 0 Å². The third-order valence-electron chi connectivity index (χ3n) is 4.23. The summed E-state index contributed by atoms with van der Waals surface area (Å²) in [5.74, 6) is 0.0390. The van der Waals surface area contributed by atoms with Crippen LogP contribution in [0.5, 0.6) is 0 Å². The predicted octanol–water partition coefficient (Wildman–Crippen LogP) is 3.68. The summed E-state index contributed by atoms with van der Waals surface area (Å²) in [4.78, 5) is 14.6. The molecular weight excluding hydrogens is 375 g/mol. The van der Waals surface area contributed by atoms with Crippen LogP contribution < -0.4 is 5.32 Å². The van der Waals surface area contributed by atoms with Gasteiger partial charge in [0.1, 0.15) is 0 Å². The fourth-order valence-corrected chi connectivity index (χ4v) is 3.36. The zero-order valence-electron chi connectivity index (χ0n) is 12.8. The van der Waals surface area contributed by atoms with Crippen LogP contribution in [-0.4, -0.2) is 36.5 Å². The molecule has 1 unspecified atom stereocenters. The van der Waals surface area contributed by atoms with Crippen LogP contribution in [0, 0.1) is 3.57 Å². The monoisotopic (exact) mass is 400 g/mol. The number of piperidine rings is 1. The largest absolute Gasteiger partial charge is 0.352 e. The quantitative estimate of drug-likeness (QED) is 0.584. The molecule has 1 aliphatic heterocycles. The van der Waals surface area contributed by atoms with E-state index in [0.717, 1.165) is 34.7 Å². The third kappa shape index (κ3) is 5.25. The van der Waals surface area contributed by atoms with E-state index < -0.39 is 0 Å². The van der Waals surface area contributed by atoms with Gasteiger partial charge in [0.2, 0.25) is 0 Å². The summed E-state index contributed by atoms with van der Waals surface area (Å²) in [5.41, 5.74) is 0.750. The Morgan fingerprint density at radius 1 is 1.33 bits per heavy atom. The second-order valence-electron chi connectivity index (χ2n) is 5.71. The average Bonchev–Trinajstić information content (AvgIpc) is 2.52. The Bertz CT molecular complexity index is 447. The molecule has 3 nitrogen and oxygen atoms in total. The summed E-state index contributed by atoms with van der Waals surface area (Å²) in [6, 6.07) is 8.46. The van der Waals surface area contributed by atoms with Crippen molar-refractivity contribution in [2.75, 3.05) is 19.6 Å². The van der Waals surface area contributed by atoms with Crippen molar-refractivity contribution in [2.45, 2.75) is 45.1 Å². The van der Waals surface area contributed by atoms with E-state index in [1.807, 2.05) is 24.3 Å². The highest BCUT2D eigenvalue weighted by Crippen LogP contribution is 2.19. The van der Waals surface area contributed by atoms with Crippen LogP contribution in [-0.2, 0) is 0 Å². The van der Waals surface area contributed by atoms with Crippen molar-refractivity contribution in [3.05, 3.63) is 33.4 Å². The number of rotatable bonds is 6. The van der Waals surface area contributed by atoms with Gasteiger partial charge < -0.3 is 10.2 Å². The highest BCUT2D eigenvalue weighted by molar-refractivity contribution is 14.1. The van der Waals surface area contributed by atoms with E-state index >= 15 is 0 Å². The van der Waals surface area contributed by atoms with Gasteiger partial charge in [0.25, 0.3) is 5.91 Å². The van der Waals surface area contributed by atoms with Crippen LogP contribution in [0.4, 0.5) is 0 Å². The molecule has 0 radical (unpaired) electrons. The van der Waals surface area contributed by atoms with Gasteiger partial charge in [-0.3, -0.25) is 4.79 Å². The molecule has 1 atom stereocenters. The number of amides is 1. The summed E-state index contributed by atoms with van der Waals surface area (Å²) in [6.07, 6.45) is 6.32. The van der Waals surface area contributed by atoms with E-state index in [1.54, 1.807) is 0 Å². The minimum absolute atomic E-state index is 0.0390. The Balaban J connectivity index is 1.69. The molecule has 0 aromatic heterocycles. The van der Waals surface area contributed by atoms with E-state index in [1.165, 1.54) is 32.2 Å². The average molecular weight is 400 g/mol. The molecule has 0 spiro atoms.